The Morgan fingerprint density at radius 3 is 1.96 bits per heavy atom. The molecule has 0 atom stereocenters. The summed E-state index contributed by atoms with van der Waals surface area (Å²) < 4.78 is 0. The predicted octanol–water partition coefficient (Wildman–Crippen LogP) is 2.96. The number of anilines is 1. The van der Waals surface area contributed by atoms with E-state index in [9.17, 15) is 19.5 Å². The third-order valence-corrected chi connectivity index (χ3v) is 4.19. The summed E-state index contributed by atoms with van der Waals surface area (Å²) in [5.74, 6) is -2.12. The highest BCUT2D eigenvalue weighted by Gasteiger charge is 2.19. The number of hydrogen-bond acceptors (Lipinski definition) is 4. The SMILES string of the molecule is NC(=O)c1ccc(-c2cc(C(=O)O)cc(C(=O)c3ccccc3)c2N)cc1. The summed E-state index contributed by atoms with van der Waals surface area (Å²) in [4.78, 5) is 35.6. The number of carboxylic acids is 1. The number of carbonyl (C=O) groups excluding carboxylic acids is 2. The molecule has 3 aromatic rings. The smallest absolute Gasteiger partial charge is 0.335 e. The summed E-state index contributed by atoms with van der Waals surface area (Å²) in [6, 6.07) is 17.4. The van der Waals surface area contributed by atoms with E-state index >= 15 is 0 Å². The zero-order valence-corrected chi connectivity index (χ0v) is 14.2. The average molecular weight is 360 g/mol. The molecule has 0 spiro atoms. The van der Waals surface area contributed by atoms with Gasteiger partial charge in [0, 0.05) is 22.3 Å². The molecule has 0 unspecified atom stereocenters. The molecule has 0 aliphatic rings. The standard InChI is InChI=1S/C21H16N2O4/c22-18-16(12-6-8-14(9-7-12)20(23)25)10-15(21(26)27)11-17(18)19(24)13-4-2-1-3-5-13/h1-11H,22H2,(H2,23,25)(H,26,27). The van der Waals surface area contributed by atoms with Crippen LogP contribution < -0.4 is 11.5 Å². The summed E-state index contributed by atoms with van der Waals surface area (Å²) in [5.41, 5.74) is 13.4. The van der Waals surface area contributed by atoms with Gasteiger partial charge < -0.3 is 16.6 Å². The van der Waals surface area contributed by atoms with Gasteiger partial charge in [0.25, 0.3) is 0 Å². The van der Waals surface area contributed by atoms with Gasteiger partial charge in [0.15, 0.2) is 5.78 Å². The molecule has 0 saturated carbocycles. The minimum Gasteiger partial charge on any atom is -0.478 e. The summed E-state index contributed by atoms with van der Waals surface area (Å²) in [5, 5.41) is 9.43. The molecule has 27 heavy (non-hydrogen) atoms. The van der Waals surface area contributed by atoms with Gasteiger partial charge in [-0.25, -0.2) is 4.79 Å². The van der Waals surface area contributed by atoms with Gasteiger partial charge >= 0.3 is 5.97 Å². The Morgan fingerprint density at radius 1 is 0.778 bits per heavy atom. The first-order chi connectivity index (χ1) is 12.9. The van der Waals surface area contributed by atoms with Gasteiger partial charge in [0.1, 0.15) is 0 Å². The Hall–Kier alpha value is -3.93. The lowest BCUT2D eigenvalue weighted by Crippen LogP contribution is -2.11. The molecule has 5 N–H and O–H groups in total. The Bertz CT molecular complexity index is 1040. The van der Waals surface area contributed by atoms with Gasteiger partial charge in [0.2, 0.25) is 5.91 Å². The Balaban J connectivity index is 2.17. The highest BCUT2D eigenvalue weighted by Crippen LogP contribution is 2.32. The zero-order valence-electron chi connectivity index (χ0n) is 14.2. The first-order valence-corrected chi connectivity index (χ1v) is 8.05. The topological polar surface area (TPSA) is 123 Å². The second kappa shape index (κ2) is 7.13. The van der Waals surface area contributed by atoms with Gasteiger partial charge in [-0.2, -0.15) is 0 Å². The van der Waals surface area contributed by atoms with Crippen molar-refractivity contribution < 1.29 is 19.5 Å². The second-order valence-corrected chi connectivity index (χ2v) is 5.93. The molecule has 0 saturated heterocycles. The van der Waals surface area contributed by atoms with E-state index in [1.54, 1.807) is 42.5 Å². The monoisotopic (exact) mass is 360 g/mol. The number of amides is 1. The third-order valence-electron chi connectivity index (χ3n) is 4.19. The van der Waals surface area contributed by atoms with E-state index in [0.717, 1.165) is 0 Å². The van der Waals surface area contributed by atoms with Crippen LogP contribution in [0.2, 0.25) is 0 Å². The maximum Gasteiger partial charge on any atom is 0.335 e. The van der Waals surface area contributed by atoms with E-state index in [2.05, 4.69) is 0 Å². The summed E-state index contributed by atoms with van der Waals surface area (Å²) >= 11 is 0. The Morgan fingerprint density at radius 2 is 1.41 bits per heavy atom. The number of ketones is 1. The number of nitrogens with two attached hydrogens (primary N) is 2. The quantitative estimate of drug-likeness (QED) is 0.477. The molecule has 0 heterocycles. The molecule has 6 nitrogen and oxygen atoms in total. The number of carboxylic acid groups (broad SMARTS) is 1. The van der Waals surface area contributed by atoms with Crippen LogP contribution in [0.25, 0.3) is 11.1 Å². The molecule has 134 valence electrons. The molecule has 0 radical (unpaired) electrons. The van der Waals surface area contributed by atoms with Crippen LogP contribution in [0.1, 0.15) is 36.6 Å². The fourth-order valence-corrected chi connectivity index (χ4v) is 2.76. The molecule has 3 rings (SSSR count). The van der Waals surface area contributed by atoms with E-state index in [4.69, 9.17) is 11.5 Å². The zero-order chi connectivity index (χ0) is 19.6. The van der Waals surface area contributed by atoms with Crippen molar-refractivity contribution in [3.8, 4) is 11.1 Å². The maximum absolute atomic E-state index is 12.8. The molecule has 0 fully saturated rings. The van der Waals surface area contributed by atoms with Crippen LogP contribution in [0.5, 0.6) is 0 Å². The Kier molecular flexibility index (Phi) is 4.72. The molecule has 3 aromatic carbocycles. The fourth-order valence-electron chi connectivity index (χ4n) is 2.76. The van der Waals surface area contributed by atoms with Gasteiger partial charge in [-0.1, -0.05) is 42.5 Å². The first-order valence-electron chi connectivity index (χ1n) is 8.05. The lowest BCUT2D eigenvalue weighted by molar-refractivity contribution is 0.0696. The lowest BCUT2D eigenvalue weighted by atomic mass is 9.92. The van der Waals surface area contributed by atoms with Crippen LogP contribution in [0, 0.1) is 0 Å². The van der Waals surface area contributed by atoms with Gasteiger partial charge in [-0.05, 0) is 29.8 Å². The molecular formula is C21H16N2O4. The van der Waals surface area contributed by atoms with Gasteiger partial charge in [-0.3, -0.25) is 9.59 Å². The minimum absolute atomic E-state index is 0.0579. The van der Waals surface area contributed by atoms with Crippen molar-refractivity contribution in [1.82, 2.24) is 0 Å². The first kappa shape index (κ1) is 17.9. The van der Waals surface area contributed by atoms with Crippen molar-refractivity contribution in [2.24, 2.45) is 5.73 Å². The second-order valence-electron chi connectivity index (χ2n) is 5.93. The molecule has 0 aliphatic carbocycles. The number of rotatable bonds is 5. The molecule has 0 bridgehead atoms. The number of nitrogen functional groups attached to an aromatic ring is 1. The highest BCUT2D eigenvalue weighted by molar-refractivity contribution is 6.15. The van der Waals surface area contributed by atoms with Gasteiger partial charge in [-0.15, -0.1) is 0 Å². The van der Waals surface area contributed by atoms with Crippen LogP contribution in [0.3, 0.4) is 0 Å². The van der Waals surface area contributed by atoms with E-state index in [-0.39, 0.29) is 22.6 Å². The fraction of sp³-hybridized carbons (Fsp3) is 0. The Labute approximate surface area is 155 Å². The van der Waals surface area contributed by atoms with E-state index in [1.165, 1.54) is 24.3 Å². The molecule has 0 aromatic heterocycles. The predicted molar refractivity (Wildman–Crippen MR) is 102 cm³/mol. The minimum atomic E-state index is -1.17. The van der Waals surface area contributed by atoms with E-state index < -0.39 is 11.9 Å². The van der Waals surface area contributed by atoms with Crippen molar-refractivity contribution in [1.29, 1.82) is 0 Å². The van der Waals surface area contributed by atoms with Crippen LogP contribution in [0.4, 0.5) is 5.69 Å². The highest BCUT2D eigenvalue weighted by atomic mass is 16.4. The molecule has 6 heteroatoms. The lowest BCUT2D eigenvalue weighted by Gasteiger charge is -2.13. The number of hydrogen-bond donors (Lipinski definition) is 3. The van der Waals surface area contributed by atoms with Crippen molar-refractivity contribution in [2.45, 2.75) is 0 Å². The van der Waals surface area contributed by atoms with E-state index in [0.29, 0.717) is 22.3 Å². The average Bonchev–Trinajstić information content (AvgIpc) is 2.68. The maximum atomic E-state index is 12.8. The van der Waals surface area contributed by atoms with Crippen LogP contribution in [-0.4, -0.2) is 22.8 Å². The molecule has 1 amide bonds. The third kappa shape index (κ3) is 3.55. The number of primary amides is 1. The molecular weight excluding hydrogens is 344 g/mol. The van der Waals surface area contributed by atoms with Crippen molar-refractivity contribution >= 4 is 23.3 Å². The number of carbonyl (C=O) groups is 3. The van der Waals surface area contributed by atoms with Crippen molar-refractivity contribution in [3.63, 3.8) is 0 Å². The number of aromatic carboxylic acids is 1. The normalized spacial score (nSPS) is 10.4. The van der Waals surface area contributed by atoms with E-state index in [1.807, 2.05) is 0 Å². The summed E-state index contributed by atoms with van der Waals surface area (Å²) in [6.45, 7) is 0. The molecule has 0 aliphatic heterocycles. The van der Waals surface area contributed by atoms with Crippen LogP contribution in [0.15, 0.2) is 66.7 Å². The van der Waals surface area contributed by atoms with Crippen molar-refractivity contribution in [2.75, 3.05) is 5.73 Å². The van der Waals surface area contributed by atoms with Gasteiger partial charge in [0.05, 0.1) is 11.3 Å². The van der Waals surface area contributed by atoms with Crippen LogP contribution >= 0.6 is 0 Å². The summed E-state index contributed by atoms with van der Waals surface area (Å²) in [6.07, 6.45) is 0. The largest absolute Gasteiger partial charge is 0.478 e. The van der Waals surface area contributed by atoms with Crippen molar-refractivity contribution in [3.05, 3.63) is 89.0 Å². The number of benzene rings is 3. The van der Waals surface area contributed by atoms with Crippen LogP contribution in [-0.2, 0) is 0 Å². The summed E-state index contributed by atoms with van der Waals surface area (Å²) in [7, 11) is 0.